The fourth-order valence-corrected chi connectivity index (χ4v) is 3.46. The van der Waals surface area contributed by atoms with Gasteiger partial charge in [-0.05, 0) is 40.6 Å². The first-order chi connectivity index (χ1) is 12.8. The molecule has 0 atom stereocenters. The Balaban J connectivity index is 1.42. The number of nitrogens with one attached hydrogen (secondary N) is 3. The minimum Gasteiger partial charge on any atom is -0.326 e. The van der Waals surface area contributed by atoms with E-state index in [4.69, 9.17) is 5.41 Å². The van der Waals surface area contributed by atoms with E-state index in [1.54, 1.807) is 0 Å². The number of fused-ring (bicyclic) bond motifs is 1. The van der Waals surface area contributed by atoms with E-state index in [9.17, 15) is 0 Å². The lowest BCUT2D eigenvalue weighted by atomic mass is 10.0. The summed E-state index contributed by atoms with van der Waals surface area (Å²) in [5.41, 5.74) is 4.16. The Morgan fingerprint density at radius 3 is 2.58 bits per heavy atom. The number of pyridine rings is 1. The van der Waals surface area contributed by atoms with Crippen LogP contribution in [0.15, 0.2) is 66.7 Å². The average Bonchev–Trinajstić information content (AvgIpc) is 3.10. The van der Waals surface area contributed by atoms with Gasteiger partial charge in [-0.1, -0.05) is 54.6 Å². The molecule has 1 aliphatic carbocycles. The maximum Gasteiger partial charge on any atom is 0.198 e. The van der Waals surface area contributed by atoms with Crippen molar-refractivity contribution in [2.24, 2.45) is 0 Å². The normalized spacial score (nSPS) is 11.8. The molecule has 0 unspecified atom stereocenters. The van der Waals surface area contributed by atoms with Crippen molar-refractivity contribution in [1.82, 2.24) is 4.98 Å². The molecule has 0 spiro atoms. The van der Waals surface area contributed by atoms with Gasteiger partial charge in [0.25, 0.3) is 0 Å². The van der Waals surface area contributed by atoms with Crippen LogP contribution >= 0.6 is 0 Å². The van der Waals surface area contributed by atoms with Gasteiger partial charge in [0.1, 0.15) is 5.82 Å². The van der Waals surface area contributed by atoms with Crippen molar-refractivity contribution in [2.75, 3.05) is 10.6 Å². The number of benzene rings is 3. The number of para-hydroxylation sites is 1. The summed E-state index contributed by atoms with van der Waals surface area (Å²) in [6.45, 7) is 0. The smallest absolute Gasteiger partial charge is 0.198 e. The van der Waals surface area contributed by atoms with E-state index in [0.29, 0.717) is 5.82 Å². The topological polar surface area (TPSA) is 60.8 Å². The maximum absolute atomic E-state index is 8.28. The van der Waals surface area contributed by atoms with E-state index in [1.165, 1.54) is 16.3 Å². The van der Waals surface area contributed by atoms with E-state index in [0.717, 1.165) is 22.2 Å². The molecule has 0 aliphatic heterocycles. The first-order valence-electron chi connectivity index (χ1n) is 8.50. The molecule has 26 heavy (non-hydrogen) atoms. The minimum absolute atomic E-state index is 0.196. The number of rotatable bonds is 2. The van der Waals surface area contributed by atoms with E-state index in [-0.39, 0.29) is 5.96 Å². The fraction of sp³-hybridized carbons (Fsp3) is 0. The molecule has 124 valence electrons. The number of anilines is 2. The van der Waals surface area contributed by atoms with Gasteiger partial charge >= 0.3 is 0 Å². The third kappa shape index (κ3) is 2.40. The molecule has 1 heterocycles. The third-order valence-corrected chi connectivity index (χ3v) is 4.66. The predicted molar refractivity (Wildman–Crippen MR) is 110 cm³/mol. The quantitative estimate of drug-likeness (QED) is 0.301. The standard InChI is InChI=1S/C22H16N4/c23-22(26-20-13-10-14-4-1-2-7-18(14)24-20)25-19-12-9-16-6-3-5-15-8-11-17(19)21(15)16/h1-13H,(H3,23,24,25,26). The van der Waals surface area contributed by atoms with Gasteiger partial charge in [-0.15, -0.1) is 0 Å². The molecule has 4 nitrogen and oxygen atoms in total. The van der Waals surface area contributed by atoms with Crippen LogP contribution in [0.3, 0.4) is 0 Å². The molecule has 0 fully saturated rings. The Morgan fingerprint density at radius 1 is 0.769 bits per heavy atom. The van der Waals surface area contributed by atoms with Gasteiger partial charge in [0, 0.05) is 16.6 Å². The van der Waals surface area contributed by atoms with Crippen LogP contribution in [0.5, 0.6) is 0 Å². The van der Waals surface area contributed by atoms with Gasteiger partial charge in [-0.25, -0.2) is 4.98 Å². The number of guanidine groups is 1. The number of hydrogen-bond donors (Lipinski definition) is 3. The molecule has 1 aliphatic rings. The van der Waals surface area contributed by atoms with Crippen molar-refractivity contribution in [3.8, 4) is 0 Å². The predicted octanol–water partition coefficient (Wildman–Crippen LogP) is 5.33. The van der Waals surface area contributed by atoms with E-state index in [1.807, 2.05) is 42.5 Å². The van der Waals surface area contributed by atoms with Crippen LogP contribution in [0.25, 0.3) is 33.8 Å². The zero-order valence-corrected chi connectivity index (χ0v) is 14.0. The van der Waals surface area contributed by atoms with E-state index < -0.39 is 0 Å². The summed E-state index contributed by atoms with van der Waals surface area (Å²) in [7, 11) is 0. The molecule has 5 rings (SSSR count). The molecular formula is C22H16N4. The molecule has 0 saturated carbocycles. The Morgan fingerprint density at radius 2 is 1.62 bits per heavy atom. The molecule has 0 radical (unpaired) electrons. The summed E-state index contributed by atoms with van der Waals surface area (Å²) in [4.78, 5) is 4.55. The zero-order valence-electron chi connectivity index (χ0n) is 14.0. The van der Waals surface area contributed by atoms with Crippen LogP contribution in [-0.4, -0.2) is 10.9 Å². The molecule has 1 aromatic heterocycles. The molecule has 0 bridgehead atoms. The van der Waals surface area contributed by atoms with Gasteiger partial charge in [0.05, 0.1) is 5.52 Å². The van der Waals surface area contributed by atoms with Crippen LogP contribution in [0.1, 0.15) is 11.1 Å². The number of hydrogen-bond acceptors (Lipinski definition) is 2. The van der Waals surface area contributed by atoms with Crippen molar-refractivity contribution in [1.29, 1.82) is 5.41 Å². The van der Waals surface area contributed by atoms with Crippen molar-refractivity contribution >= 4 is 51.3 Å². The SMILES string of the molecule is N=C(Nc1ccc2ccccc2n1)Nc1ccc2cccc3c2c1C=C3. The highest BCUT2D eigenvalue weighted by molar-refractivity contribution is 6.11. The second-order valence-corrected chi connectivity index (χ2v) is 6.32. The minimum atomic E-state index is 0.196. The first kappa shape index (κ1) is 14.7. The lowest BCUT2D eigenvalue weighted by Crippen LogP contribution is -2.21. The zero-order chi connectivity index (χ0) is 17.5. The van der Waals surface area contributed by atoms with Crippen LogP contribution in [0.2, 0.25) is 0 Å². The Hall–Kier alpha value is -3.66. The van der Waals surface area contributed by atoms with Crippen molar-refractivity contribution in [3.05, 3.63) is 77.9 Å². The first-order valence-corrected chi connectivity index (χ1v) is 8.50. The number of nitrogens with zero attached hydrogens (tertiary/aromatic N) is 1. The van der Waals surface area contributed by atoms with Gasteiger partial charge in [0.2, 0.25) is 0 Å². The lowest BCUT2D eigenvalue weighted by molar-refractivity contribution is 1.35. The van der Waals surface area contributed by atoms with Gasteiger partial charge in [-0.3, -0.25) is 5.41 Å². The summed E-state index contributed by atoms with van der Waals surface area (Å²) in [6.07, 6.45) is 4.21. The third-order valence-electron chi connectivity index (χ3n) is 4.66. The van der Waals surface area contributed by atoms with Gasteiger partial charge in [0.15, 0.2) is 5.96 Å². The van der Waals surface area contributed by atoms with Crippen LogP contribution in [-0.2, 0) is 0 Å². The largest absolute Gasteiger partial charge is 0.326 e. The Labute approximate surface area is 150 Å². The molecule has 3 N–H and O–H groups in total. The van der Waals surface area contributed by atoms with Crippen LogP contribution in [0.4, 0.5) is 11.5 Å². The highest BCUT2D eigenvalue weighted by Gasteiger charge is 2.13. The second kappa shape index (κ2) is 5.70. The number of aromatic nitrogens is 1. The second-order valence-electron chi connectivity index (χ2n) is 6.32. The molecule has 0 saturated heterocycles. The molecule has 4 aromatic rings. The lowest BCUT2D eigenvalue weighted by Gasteiger charge is -2.13. The molecule has 4 heteroatoms. The average molecular weight is 336 g/mol. The van der Waals surface area contributed by atoms with E-state index in [2.05, 4.69) is 52.0 Å². The molecular weight excluding hydrogens is 320 g/mol. The summed E-state index contributed by atoms with van der Waals surface area (Å²) in [6, 6.07) is 22.2. The fourth-order valence-electron chi connectivity index (χ4n) is 3.46. The summed E-state index contributed by atoms with van der Waals surface area (Å²) in [5.74, 6) is 0.843. The van der Waals surface area contributed by atoms with Crippen LogP contribution in [0, 0.1) is 5.41 Å². The molecule has 0 amide bonds. The summed E-state index contributed by atoms with van der Waals surface area (Å²) < 4.78 is 0. The van der Waals surface area contributed by atoms with Crippen LogP contribution < -0.4 is 10.6 Å². The van der Waals surface area contributed by atoms with Gasteiger partial charge < -0.3 is 10.6 Å². The highest BCUT2D eigenvalue weighted by atomic mass is 15.2. The molecule has 3 aromatic carbocycles. The monoisotopic (exact) mass is 336 g/mol. The highest BCUT2D eigenvalue weighted by Crippen LogP contribution is 2.35. The summed E-state index contributed by atoms with van der Waals surface area (Å²) >= 11 is 0. The van der Waals surface area contributed by atoms with E-state index >= 15 is 0 Å². The maximum atomic E-state index is 8.28. The Kier molecular flexibility index (Phi) is 3.22. The van der Waals surface area contributed by atoms with Crippen molar-refractivity contribution in [2.45, 2.75) is 0 Å². The Bertz CT molecular complexity index is 1210. The summed E-state index contributed by atoms with van der Waals surface area (Å²) in [5, 5.41) is 18.0. The van der Waals surface area contributed by atoms with Gasteiger partial charge in [-0.2, -0.15) is 0 Å². The van der Waals surface area contributed by atoms with Crippen molar-refractivity contribution < 1.29 is 0 Å². The van der Waals surface area contributed by atoms with Crippen molar-refractivity contribution in [3.63, 3.8) is 0 Å².